The lowest BCUT2D eigenvalue weighted by Crippen LogP contribution is -2.38. The van der Waals surface area contributed by atoms with Crippen LogP contribution in [-0.4, -0.2) is 38.9 Å². The standard InChI is InChI=1S/C23H25FN4O3/c1-23(2,3)18-12-19(28(26-18)15-10-8-14(24)9-11-15)25-20(29)13-27-21(30)16-6-4-5-7-17(16)22(27)31/h4-5,8-12,16-17H,6-7,13H2,1-3H3,(H,25,29)/t16-,17+. The molecule has 0 radical (unpaired) electrons. The van der Waals surface area contributed by atoms with Crippen molar-refractivity contribution in [2.45, 2.75) is 39.0 Å². The molecule has 1 saturated heterocycles. The summed E-state index contributed by atoms with van der Waals surface area (Å²) in [7, 11) is 0. The van der Waals surface area contributed by atoms with Gasteiger partial charge in [-0.05, 0) is 37.1 Å². The number of fused-ring (bicyclic) bond motifs is 1. The fourth-order valence-corrected chi connectivity index (χ4v) is 3.97. The molecule has 2 aliphatic rings. The van der Waals surface area contributed by atoms with E-state index in [4.69, 9.17) is 0 Å². The summed E-state index contributed by atoms with van der Waals surface area (Å²) in [5.41, 5.74) is 1.03. The zero-order valence-corrected chi connectivity index (χ0v) is 17.8. The van der Waals surface area contributed by atoms with Gasteiger partial charge in [-0.3, -0.25) is 19.3 Å². The van der Waals surface area contributed by atoms with E-state index in [2.05, 4.69) is 10.4 Å². The summed E-state index contributed by atoms with van der Waals surface area (Å²) in [4.78, 5) is 39.1. The molecule has 0 spiro atoms. The lowest BCUT2D eigenvalue weighted by atomic mass is 9.85. The van der Waals surface area contributed by atoms with Crippen LogP contribution >= 0.6 is 0 Å². The van der Waals surface area contributed by atoms with Crippen molar-refractivity contribution in [3.8, 4) is 5.69 Å². The van der Waals surface area contributed by atoms with Gasteiger partial charge >= 0.3 is 0 Å². The fraction of sp³-hybridized carbons (Fsp3) is 0.391. The Morgan fingerprint density at radius 3 is 2.23 bits per heavy atom. The molecular formula is C23H25FN4O3. The zero-order valence-electron chi connectivity index (χ0n) is 17.8. The third-order valence-electron chi connectivity index (χ3n) is 5.72. The number of halogens is 1. The second-order valence-corrected chi connectivity index (χ2v) is 9.02. The summed E-state index contributed by atoms with van der Waals surface area (Å²) < 4.78 is 14.9. The van der Waals surface area contributed by atoms with E-state index < -0.39 is 5.91 Å². The maximum atomic E-state index is 13.4. The minimum Gasteiger partial charge on any atom is -0.309 e. The molecule has 2 heterocycles. The van der Waals surface area contributed by atoms with E-state index in [0.717, 1.165) is 10.6 Å². The Bertz CT molecular complexity index is 1040. The third kappa shape index (κ3) is 4.02. The minimum absolute atomic E-state index is 0.283. The van der Waals surface area contributed by atoms with E-state index in [1.54, 1.807) is 18.2 Å². The average Bonchev–Trinajstić information content (AvgIpc) is 3.24. The van der Waals surface area contributed by atoms with Crippen LogP contribution in [0.15, 0.2) is 42.5 Å². The van der Waals surface area contributed by atoms with Gasteiger partial charge in [-0.15, -0.1) is 0 Å². The van der Waals surface area contributed by atoms with Crippen LogP contribution < -0.4 is 5.32 Å². The fourth-order valence-electron chi connectivity index (χ4n) is 3.97. The highest BCUT2D eigenvalue weighted by atomic mass is 19.1. The molecule has 4 rings (SSSR count). The maximum Gasteiger partial charge on any atom is 0.245 e. The van der Waals surface area contributed by atoms with Crippen molar-refractivity contribution in [1.29, 1.82) is 0 Å². The van der Waals surface area contributed by atoms with Crippen LogP contribution in [0.1, 0.15) is 39.3 Å². The van der Waals surface area contributed by atoms with Crippen molar-refractivity contribution in [3.63, 3.8) is 0 Å². The van der Waals surface area contributed by atoms with Crippen LogP contribution in [0.2, 0.25) is 0 Å². The highest BCUT2D eigenvalue weighted by molar-refractivity contribution is 6.08. The second-order valence-electron chi connectivity index (χ2n) is 9.02. The van der Waals surface area contributed by atoms with Gasteiger partial charge in [-0.25, -0.2) is 9.07 Å². The molecule has 1 aliphatic carbocycles. The van der Waals surface area contributed by atoms with Gasteiger partial charge in [0.05, 0.1) is 23.2 Å². The summed E-state index contributed by atoms with van der Waals surface area (Å²) in [6, 6.07) is 7.51. The van der Waals surface area contributed by atoms with Crippen molar-refractivity contribution in [1.82, 2.24) is 14.7 Å². The SMILES string of the molecule is CC(C)(C)c1cc(NC(=O)CN2C(=O)[C@H]3CC=CC[C@H]3C2=O)n(-c2ccc(F)cc2)n1. The van der Waals surface area contributed by atoms with Gasteiger partial charge in [-0.1, -0.05) is 32.9 Å². The normalized spacial score (nSPS) is 20.8. The van der Waals surface area contributed by atoms with Gasteiger partial charge in [-0.2, -0.15) is 5.10 Å². The first-order chi connectivity index (χ1) is 14.6. The molecule has 7 nitrogen and oxygen atoms in total. The lowest BCUT2D eigenvalue weighted by Gasteiger charge is -2.15. The van der Waals surface area contributed by atoms with E-state index >= 15 is 0 Å². The summed E-state index contributed by atoms with van der Waals surface area (Å²) >= 11 is 0. The smallest absolute Gasteiger partial charge is 0.245 e. The molecule has 3 amide bonds. The summed E-state index contributed by atoms with van der Waals surface area (Å²) in [6.07, 6.45) is 4.87. The Labute approximate surface area is 179 Å². The molecule has 2 aromatic rings. The van der Waals surface area contributed by atoms with Crippen LogP contribution in [0, 0.1) is 17.7 Å². The largest absolute Gasteiger partial charge is 0.309 e. The van der Waals surface area contributed by atoms with E-state index in [1.807, 2.05) is 32.9 Å². The van der Waals surface area contributed by atoms with Crippen molar-refractivity contribution >= 4 is 23.5 Å². The Kier molecular flexibility index (Phi) is 5.24. The molecule has 1 fully saturated rings. The van der Waals surface area contributed by atoms with Crippen LogP contribution in [-0.2, 0) is 19.8 Å². The first-order valence-electron chi connectivity index (χ1n) is 10.3. The predicted molar refractivity (Wildman–Crippen MR) is 113 cm³/mol. The van der Waals surface area contributed by atoms with Gasteiger partial charge in [0.1, 0.15) is 18.2 Å². The number of hydrogen-bond acceptors (Lipinski definition) is 4. The molecule has 0 saturated carbocycles. The molecule has 0 unspecified atom stereocenters. The molecule has 8 heteroatoms. The van der Waals surface area contributed by atoms with Gasteiger partial charge in [0, 0.05) is 11.5 Å². The summed E-state index contributed by atoms with van der Waals surface area (Å²) in [6.45, 7) is 5.64. The molecule has 1 aliphatic heterocycles. The van der Waals surface area contributed by atoms with E-state index in [0.29, 0.717) is 24.3 Å². The quantitative estimate of drug-likeness (QED) is 0.603. The minimum atomic E-state index is -0.489. The summed E-state index contributed by atoms with van der Waals surface area (Å²) in [5.74, 6) is -1.81. The van der Waals surface area contributed by atoms with Gasteiger partial charge in [0.25, 0.3) is 0 Å². The number of anilines is 1. The first-order valence-corrected chi connectivity index (χ1v) is 10.3. The summed E-state index contributed by atoms with van der Waals surface area (Å²) in [5, 5.41) is 7.35. The number of nitrogens with zero attached hydrogens (tertiary/aromatic N) is 3. The number of imide groups is 1. The molecule has 1 aromatic carbocycles. The number of benzene rings is 1. The number of carbonyl (C=O) groups is 3. The molecule has 0 bridgehead atoms. The monoisotopic (exact) mass is 424 g/mol. The Morgan fingerprint density at radius 2 is 1.68 bits per heavy atom. The zero-order chi connectivity index (χ0) is 22.3. The molecule has 1 N–H and O–H groups in total. The molecule has 31 heavy (non-hydrogen) atoms. The van der Waals surface area contributed by atoms with Gasteiger partial charge in [0.2, 0.25) is 17.7 Å². The number of nitrogens with one attached hydrogen (secondary N) is 1. The first kappa shape index (κ1) is 21.0. The number of aromatic nitrogens is 2. The van der Waals surface area contributed by atoms with Crippen molar-refractivity contribution in [2.75, 3.05) is 11.9 Å². The van der Waals surface area contributed by atoms with E-state index in [9.17, 15) is 18.8 Å². The third-order valence-corrected chi connectivity index (χ3v) is 5.72. The lowest BCUT2D eigenvalue weighted by molar-refractivity contribution is -0.142. The molecular weight excluding hydrogens is 399 g/mol. The highest BCUT2D eigenvalue weighted by Crippen LogP contribution is 2.35. The van der Waals surface area contributed by atoms with Crippen LogP contribution in [0.5, 0.6) is 0 Å². The maximum absolute atomic E-state index is 13.4. The Balaban J connectivity index is 1.56. The van der Waals surface area contributed by atoms with Crippen LogP contribution in [0.3, 0.4) is 0 Å². The number of amides is 3. The van der Waals surface area contributed by atoms with Crippen molar-refractivity contribution in [2.24, 2.45) is 11.8 Å². The van der Waals surface area contributed by atoms with Crippen LogP contribution in [0.4, 0.5) is 10.2 Å². The second kappa shape index (κ2) is 7.76. The molecule has 1 aromatic heterocycles. The predicted octanol–water partition coefficient (Wildman–Crippen LogP) is 3.20. The number of allylic oxidation sites excluding steroid dienone is 2. The van der Waals surface area contributed by atoms with Gasteiger partial charge < -0.3 is 5.32 Å². The van der Waals surface area contributed by atoms with Gasteiger partial charge in [0.15, 0.2) is 0 Å². The Morgan fingerprint density at radius 1 is 1.10 bits per heavy atom. The molecule has 2 atom stereocenters. The molecule has 162 valence electrons. The van der Waals surface area contributed by atoms with Crippen molar-refractivity contribution < 1.29 is 18.8 Å². The van der Waals surface area contributed by atoms with Crippen molar-refractivity contribution in [3.05, 3.63) is 54.0 Å². The number of carbonyl (C=O) groups excluding carboxylic acids is 3. The van der Waals surface area contributed by atoms with Crippen LogP contribution in [0.25, 0.3) is 5.69 Å². The number of hydrogen-bond donors (Lipinski definition) is 1. The Hall–Kier alpha value is -3.29. The number of rotatable bonds is 4. The topological polar surface area (TPSA) is 84.3 Å². The highest BCUT2D eigenvalue weighted by Gasteiger charge is 2.47. The number of likely N-dealkylation sites (tertiary alicyclic amines) is 1. The van der Waals surface area contributed by atoms with E-state index in [-0.39, 0.29) is 41.4 Å². The van der Waals surface area contributed by atoms with E-state index in [1.165, 1.54) is 16.8 Å². The average molecular weight is 424 g/mol.